The number of hydrogen-bond donors (Lipinski definition) is 21. The van der Waals surface area contributed by atoms with E-state index in [0.717, 1.165) is 11.9 Å². The lowest BCUT2D eigenvalue weighted by atomic mass is 9.33. The fourth-order valence-corrected chi connectivity index (χ4v) is 22.8. The molecule has 4 saturated carbocycles. The summed E-state index contributed by atoms with van der Waals surface area (Å²) in [5.41, 5.74) is -7.56. The molecule has 11 fully saturated rings. The predicted molar refractivity (Wildman–Crippen MR) is 431 cm³/mol. The topological polar surface area (TPSA) is 658 Å². The van der Waals surface area contributed by atoms with Gasteiger partial charge < -0.3 is 188 Å². The van der Waals surface area contributed by atoms with Crippen LogP contribution in [-0.4, -0.2) is 397 Å². The van der Waals surface area contributed by atoms with Crippen molar-refractivity contribution in [3.05, 3.63) is 11.6 Å². The molecule has 740 valence electrons. The number of carbonyl (C=O) groups excluding carboxylic acids is 4. The van der Waals surface area contributed by atoms with Crippen molar-refractivity contribution in [2.24, 2.45) is 62.1 Å². The summed E-state index contributed by atoms with van der Waals surface area (Å²) in [7, 11) is 0. The summed E-state index contributed by atoms with van der Waals surface area (Å²) in [6.45, 7) is 18.4. The van der Waals surface area contributed by atoms with Gasteiger partial charge in [-0.2, -0.15) is 0 Å². The van der Waals surface area contributed by atoms with E-state index in [4.69, 9.17) is 75.8 Å². The summed E-state index contributed by atoms with van der Waals surface area (Å²) in [5, 5.41) is 235. The number of aldehydes is 1. The monoisotopic (exact) mass is 1860 g/mol. The number of carbonyl (C=O) groups is 5. The molecule has 22 unspecified atom stereocenters. The van der Waals surface area contributed by atoms with Crippen molar-refractivity contribution in [3.63, 3.8) is 0 Å². The van der Waals surface area contributed by atoms with Gasteiger partial charge in [-0.25, -0.2) is 4.79 Å². The Morgan fingerprint density at radius 2 is 1.13 bits per heavy atom. The molecule has 42 heteroatoms. The first-order valence-corrected chi connectivity index (χ1v) is 45.4. The highest BCUT2D eigenvalue weighted by Gasteiger charge is 2.74. The zero-order valence-corrected chi connectivity index (χ0v) is 74.9. The van der Waals surface area contributed by atoms with Crippen LogP contribution in [0.5, 0.6) is 0 Å². The molecule has 0 aromatic rings. The van der Waals surface area contributed by atoms with E-state index >= 15 is 4.79 Å². The Hall–Kier alpha value is -4.03. The van der Waals surface area contributed by atoms with Gasteiger partial charge in [-0.1, -0.05) is 93.7 Å². The summed E-state index contributed by atoms with van der Waals surface area (Å²) < 4.78 is 96.5. The zero-order chi connectivity index (χ0) is 94.9. The Morgan fingerprint density at radius 3 is 1.78 bits per heavy atom. The van der Waals surface area contributed by atoms with Crippen LogP contribution in [0.15, 0.2) is 11.6 Å². The van der Waals surface area contributed by atoms with E-state index in [9.17, 15) is 126 Å². The maximum Gasteiger partial charge on any atom is 0.335 e. The minimum atomic E-state index is -2.26. The number of esters is 3. The minimum Gasteiger partial charge on any atom is -0.479 e. The van der Waals surface area contributed by atoms with Crippen molar-refractivity contribution >= 4 is 30.2 Å². The van der Waals surface area contributed by atoms with Gasteiger partial charge in [0, 0.05) is 12.8 Å². The van der Waals surface area contributed by atoms with Gasteiger partial charge in [-0.05, 0) is 123 Å². The molecular formula is C87H140O42. The van der Waals surface area contributed by atoms with Crippen molar-refractivity contribution < 1.29 is 207 Å². The van der Waals surface area contributed by atoms with Gasteiger partial charge in [0.2, 0.25) is 6.29 Å². The molecule has 0 aromatic heterocycles. The van der Waals surface area contributed by atoms with Crippen molar-refractivity contribution in [3.8, 4) is 0 Å². The summed E-state index contributed by atoms with van der Waals surface area (Å²) in [5.74, 6) is -6.88. The average Bonchev–Trinajstić information content (AvgIpc) is 0.989. The second kappa shape index (κ2) is 40.9. The van der Waals surface area contributed by atoms with E-state index < -0.39 is 341 Å². The molecule has 0 radical (unpaired) electrons. The van der Waals surface area contributed by atoms with Crippen molar-refractivity contribution in [2.45, 2.75) is 406 Å². The van der Waals surface area contributed by atoms with E-state index in [1.165, 1.54) is 13.8 Å². The van der Waals surface area contributed by atoms with E-state index in [1.807, 2.05) is 27.7 Å². The van der Waals surface area contributed by atoms with Crippen LogP contribution in [0.1, 0.15) is 179 Å². The summed E-state index contributed by atoms with van der Waals surface area (Å²) in [6, 6.07) is 0. The lowest BCUT2D eigenvalue weighted by Gasteiger charge is -2.71. The first-order valence-electron chi connectivity index (χ1n) is 45.4. The molecule has 12 rings (SSSR count). The van der Waals surface area contributed by atoms with Crippen molar-refractivity contribution in [1.29, 1.82) is 0 Å². The molecule has 129 heavy (non-hydrogen) atoms. The number of aliphatic hydroxyl groups excluding tert-OH is 19. The smallest absolute Gasteiger partial charge is 0.335 e. The third kappa shape index (κ3) is 20.1. The van der Waals surface area contributed by atoms with Crippen LogP contribution in [0.2, 0.25) is 0 Å². The number of fused-ring (bicyclic) bond motifs is 7. The second-order valence-corrected chi connectivity index (χ2v) is 40.3. The normalized spacial score (nSPS) is 48.4. The molecule has 7 heterocycles. The molecule has 0 amide bonds. The van der Waals surface area contributed by atoms with E-state index in [0.29, 0.717) is 51.4 Å². The fraction of sp³-hybridized carbons (Fsp3) is 0.920. The van der Waals surface area contributed by atoms with Crippen molar-refractivity contribution in [1.82, 2.24) is 0 Å². The second-order valence-electron chi connectivity index (χ2n) is 40.3. The standard InChI is InChI=1S/C87H140O42/c1-13-35(3)43(93)23-39(91)25-52(97)119-46(36(4)14-2)24-40(92)26-53(98)122-65-38(6)118-77(69(61(65)106)127-75-60(105)57(102)64(37(5)117-75)123-74-63(108)66(45(95)31-115-74)124-79-71(109)86(113,33-90)34-116-79)129-80(112)87-22-21-81(7,8)27-42(87)41-15-16-49-82(9)19-18-51(83(10,32-89)48(82)17-20-84(49,11)85(41,12)28-50(87)96)121-78-70(128-76-59(104)56(101)55(100)47(29-88)120-76)67(62(107)68(126-78)72(110)111)125-73-58(103)54(99)44(94)30-114-73/h15,32,35-40,42-51,54-71,73-79,88,90-96,99-109,113H,13-14,16-31,33-34H2,1-12H3,(H,110,111)/t35-,36-,37?,38?,39-,40-,42?,43-,44+,45?,46-,47?,48?,49?,50+,51?,54?,55-,56?,57?,58?,59?,60?,61?,62-,63?,64-,65+,66-,67?,68?,69?,70?,71?,73-,74+,75-,76-,77-,78+,79-,82-,83-,84+,85+,86?,87+/m0/s1. The molecule has 0 aromatic carbocycles. The van der Waals surface area contributed by atoms with Gasteiger partial charge in [-0.15, -0.1) is 0 Å². The number of ether oxygens (including phenoxy) is 16. The molecule has 0 bridgehead atoms. The molecule has 7 aliphatic heterocycles. The quantitative estimate of drug-likeness (QED) is 0.00999. The van der Waals surface area contributed by atoms with Crippen LogP contribution in [-0.2, 0) is 99.8 Å². The lowest BCUT2D eigenvalue weighted by molar-refractivity contribution is -0.391. The van der Waals surface area contributed by atoms with Crippen LogP contribution in [0.3, 0.4) is 0 Å². The maximum atomic E-state index is 16.3. The van der Waals surface area contributed by atoms with Crippen LogP contribution >= 0.6 is 0 Å². The number of allylic oxidation sites excluding steroid dienone is 2. The number of carboxylic acids is 1. The van der Waals surface area contributed by atoms with Crippen LogP contribution in [0.25, 0.3) is 0 Å². The number of aliphatic hydroxyl groups is 20. The van der Waals surface area contributed by atoms with Crippen LogP contribution < -0.4 is 0 Å². The number of hydrogen-bond acceptors (Lipinski definition) is 41. The first kappa shape index (κ1) is 104. The van der Waals surface area contributed by atoms with Gasteiger partial charge in [0.25, 0.3) is 0 Å². The predicted octanol–water partition coefficient (Wildman–Crippen LogP) is -4.15. The Labute approximate surface area is 747 Å². The molecule has 7 saturated heterocycles. The highest BCUT2D eigenvalue weighted by molar-refractivity contribution is 5.80. The molecule has 42 nitrogen and oxygen atoms in total. The van der Waals surface area contributed by atoms with Gasteiger partial charge in [-0.3, -0.25) is 14.4 Å². The molecular weight excluding hydrogens is 1720 g/mol. The molecule has 21 N–H and O–H groups in total. The Morgan fingerprint density at radius 1 is 0.543 bits per heavy atom. The highest BCUT2D eigenvalue weighted by atomic mass is 16.8. The highest BCUT2D eigenvalue weighted by Crippen LogP contribution is 2.76. The van der Waals surface area contributed by atoms with Crippen LogP contribution in [0.4, 0.5) is 0 Å². The van der Waals surface area contributed by atoms with Crippen LogP contribution in [0, 0.1) is 62.1 Å². The summed E-state index contributed by atoms with van der Waals surface area (Å²) >= 11 is 0. The van der Waals surface area contributed by atoms with E-state index in [-0.39, 0.29) is 49.9 Å². The van der Waals surface area contributed by atoms with E-state index in [2.05, 4.69) is 26.8 Å². The molecule has 5 aliphatic carbocycles. The number of aliphatic carboxylic acids is 1. The van der Waals surface area contributed by atoms with Gasteiger partial charge in [0.15, 0.2) is 56.1 Å². The van der Waals surface area contributed by atoms with Gasteiger partial charge in [0.05, 0.1) is 94.0 Å². The maximum absolute atomic E-state index is 16.3. The largest absolute Gasteiger partial charge is 0.479 e. The Balaban J connectivity index is 0.805. The van der Waals surface area contributed by atoms with Gasteiger partial charge in [0.1, 0.15) is 133 Å². The molecule has 0 spiro atoms. The van der Waals surface area contributed by atoms with Gasteiger partial charge >= 0.3 is 23.9 Å². The third-order valence-corrected chi connectivity index (χ3v) is 31.5. The Bertz CT molecular complexity index is 3810. The fourth-order valence-electron chi connectivity index (χ4n) is 22.8. The Kier molecular flexibility index (Phi) is 33.0. The molecule has 47 atom stereocenters. The first-order chi connectivity index (χ1) is 60.5. The summed E-state index contributed by atoms with van der Waals surface area (Å²) in [6.07, 6.45) is -59.7. The number of rotatable bonds is 32. The van der Waals surface area contributed by atoms with E-state index in [1.54, 1.807) is 20.8 Å². The molecule has 12 aliphatic rings. The minimum absolute atomic E-state index is 0.0312. The lowest BCUT2D eigenvalue weighted by Crippen LogP contribution is -2.69. The number of carboxylic acid groups (broad SMARTS) is 1. The zero-order valence-electron chi connectivity index (χ0n) is 74.9. The van der Waals surface area contributed by atoms with Crippen molar-refractivity contribution in [2.75, 3.05) is 33.0 Å². The third-order valence-electron chi connectivity index (χ3n) is 31.5. The summed E-state index contributed by atoms with van der Waals surface area (Å²) in [4.78, 5) is 71.3. The SMILES string of the molecule is CC[C@H](C)[C@H](C[C@H](O)CC(=O)O[C@@H]1C(C)O[C@@H](OC(=O)[C@]23CCC(C)(C)CC2C2=CCC4[C@@]5(C)CCC(O[C@@H]6OC(C(=O)O)[C@@H](O)C(O[C@@H]7OC[C@@H](O)C(O)C7O)C6O[C@@H]6OC(CO)[C@H](O)C(O)C6O)[C@@](C)(C=O)C5CC[C@@]4(C)[C@]2(C)C[C@H]3O)C(O[C@@H]2OC(C)[C@H](O[C@H]3OCC(O)[C@H](O[C@@H]4OCC(O)(CO)C4O)C3O)C(O)C2O)C1O)OC(=O)C[C@@H](O)C[C@H](O)[C@@H](C)CC. The average molecular weight is 1860 g/mol.